The van der Waals surface area contributed by atoms with Crippen molar-refractivity contribution in [2.75, 3.05) is 11.4 Å². The van der Waals surface area contributed by atoms with Crippen LogP contribution in [0.15, 0.2) is 30.6 Å². The Morgan fingerprint density at radius 3 is 2.68 bits per heavy atom. The SMILES string of the molecule is N#Cc1cnc(N2C[C@H](O)C[C@@H]2c2ccc(F)c(F)c2)cn1. The van der Waals surface area contributed by atoms with Gasteiger partial charge in [-0.2, -0.15) is 5.26 Å². The van der Waals surface area contributed by atoms with E-state index in [-0.39, 0.29) is 11.7 Å². The molecule has 0 bridgehead atoms. The molecule has 112 valence electrons. The maximum atomic E-state index is 13.4. The largest absolute Gasteiger partial charge is 0.391 e. The summed E-state index contributed by atoms with van der Waals surface area (Å²) >= 11 is 0. The van der Waals surface area contributed by atoms with Crippen molar-refractivity contribution in [1.82, 2.24) is 9.97 Å². The number of rotatable bonds is 2. The van der Waals surface area contributed by atoms with Crippen LogP contribution in [0.25, 0.3) is 0 Å². The summed E-state index contributed by atoms with van der Waals surface area (Å²) < 4.78 is 26.5. The molecule has 1 aliphatic heterocycles. The van der Waals surface area contributed by atoms with Crippen LogP contribution in [-0.2, 0) is 0 Å². The average Bonchev–Trinajstić information content (AvgIpc) is 2.92. The second-order valence-corrected chi connectivity index (χ2v) is 5.10. The maximum absolute atomic E-state index is 13.4. The summed E-state index contributed by atoms with van der Waals surface area (Å²) in [6, 6.07) is 5.24. The molecule has 1 aromatic heterocycles. The fourth-order valence-corrected chi connectivity index (χ4v) is 2.63. The van der Waals surface area contributed by atoms with E-state index in [1.54, 1.807) is 4.90 Å². The van der Waals surface area contributed by atoms with Gasteiger partial charge in [0.25, 0.3) is 0 Å². The molecule has 1 aromatic carbocycles. The van der Waals surface area contributed by atoms with Crippen molar-refractivity contribution in [3.8, 4) is 6.07 Å². The Labute approximate surface area is 125 Å². The Morgan fingerprint density at radius 2 is 2.05 bits per heavy atom. The molecule has 2 aromatic rings. The van der Waals surface area contributed by atoms with E-state index in [1.165, 1.54) is 18.5 Å². The lowest BCUT2D eigenvalue weighted by Crippen LogP contribution is -2.25. The Kier molecular flexibility index (Phi) is 3.69. The molecule has 0 saturated carbocycles. The highest BCUT2D eigenvalue weighted by molar-refractivity contribution is 5.44. The summed E-state index contributed by atoms with van der Waals surface area (Å²) in [4.78, 5) is 9.86. The number of halogens is 2. The fraction of sp³-hybridized carbons (Fsp3) is 0.267. The molecule has 0 unspecified atom stereocenters. The highest BCUT2D eigenvalue weighted by Crippen LogP contribution is 2.35. The number of aliphatic hydroxyl groups is 1. The molecule has 0 spiro atoms. The maximum Gasteiger partial charge on any atom is 0.159 e. The van der Waals surface area contributed by atoms with E-state index in [2.05, 4.69) is 9.97 Å². The lowest BCUT2D eigenvalue weighted by atomic mass is 10.0. The minimum absolute atomic E-state index is 0.188. The number of nitrogens with zero attached hydrogens (tertiary/aromatic N) is 4. The molecular weight excluding hydrogens is 290 g/mol. The highest BCUT2D eigenvalue weighted by Gasteiger charge is 2.33. The molecule has 1 fully saturated rings. The van der Waals surface area contributed by atoms with Gasteiger partial charge in [0, 0.05) is 6.54 Å². The van der Waals surface area contributed by atoms with Crippen molar-refractivity contribution in [2.45, 2.75) is 18.6 Å². The van der Waals surface area contributed by atoms with Gasteiger partial charge in [0.1, 0.15) is 11.9 Å². The van der Waals surface area contributed by atoms with Crippen LogP contribution in [0.4, 0.5) is 14.6 Å². The van der Waals surface area contributed by atoms with E-state index in [1.807, 2.05) is 6.07 Å². The number of hydrogen-bond acceptors (Lipinski definition) is 5. The number of nitriles is 1. The number of hydrogen-bond donors (Lipinski definition) is 1. The van der Waals surface area contributed by atoms with Gasteiger partial charge < -0.3 is 10.0 Å². The van der Waals surface area contributed by atoms with Crippen LogP contribution >= 0.6 is 0 Å². The third-order valence-corrected chi connectivity index (χ3v) is 3.65. The number of benzene rings is 1. The molecule has 22 heavy (non-hydrogen) atoms. The minimum Gasteiger partial charge on any atom is -0.391 e. The molecule has 1 aliphatic rings. The van der Waals surface area contributed by atoms with Crippen molar-refractivity contribution in [3.05, 3.63) is 53.5 Å². The molecule has 0 amide bonds. The number of β-amino-alcohol motifs (C(OH)–C–C–N with tert-alkyl or cyclic N) is 1. The zero-order chi connectivity index (χ0) is 15.7. The van der Waals surface area contributed by atoms with Crippen LogP contribution in [0.1, 0.15) is 23.7 Å². The number of anilines is 1. The number of aromatic nitrogens is 2. The third-order valence-electron chi connectivity index (χ3n) is 3.65. The second kappa shape index (κ2) is 5.66. The zero-order valence-electron chi connectivity index (χ0n) is 11.4. The first-order chi connectivity index (χ1) is 10.6. The van der Waals surface area contributed by atoms with Gasteiger partial charge in [-0.05, 0) is 24.1 Å². The first-order valence-corrected chi connectivity index (χ1v) is 6.70. The van der Waals surface area contributed by atoms with E-state index >= 15 is 0 Å². The van der Waals surface area contributed by atoms with Crippen molar-refractivity contribution < 1.29 is 13.9 Å². The molecule has 1 N–H and O–H groups in total. The van der Waals surface area contributed by atoms with Crippen molar-refractivity contribution in [1.29, 1.82) is 5.26 Å². The van der Waals surface area contributed by atoms with Gasteiger partial charge in [-0.15, -0.1) is 0 Å². The lowest BCUT2D eigenvalue weighted by molar-refractivity contribution is 0.194. The van der Waals surface area contributed by atoms with Gasteiger partial charge in [-0.25, -0.2) is 18.7 Å². The van der Waals surface area contributed by atoms with Gasteiger partial charge in [-0.3, -0.25) is 0 Å². The molecule has 3 rings (SSSR count). The van der Waals surface area contributed by atoms with E-state index in [0.717, 1.165) is 12.1 Å². The van der Waals surface area contributed by atoms with Crippen LogP contribution in [0.3, 0.4) is 0 Å². The lowest BCUT2D eigenvalue weighted by Gasteiger charge is -2.25. The first-order valence-electron chi connectivity index (χ1n) is 6.70. The molecule has 5 nitrogen and oxygen atoms in total. The van der Waals surface area contributed by atoms with E-state index < -0.39 is 17.7 Å². The Bertz CT molecular complexity index is 729. The quantitative estimate of drug-likeness (QED) is 0.917. The van der Waals surface area contributed by atoms with Crippen molar-refractivity contribution >= 4 is 5.82 Å². The topological polar surface area (TPSA) is 73.0 Å². The smallest absolute Gasteiger partial charge is 0.159 e. The summed E-state index contributed by atoms with van der Waals surface area (Å²) in [6.07, 6.45) is 2.55. The monoisotopic (exact) mass is 302 g/mol. The van der Waals surface area contributed by atoms with E-state index in [0.29, 0.717) is 24.3 Å². The average molecular weight is 302 g/mol. The van der Waals surface area contributed by atoms with E-state index in [4.69, 9.17) is 5.26 Å². The molecule has 0 aliphatic carbocycles. The summed E-state index contributed by atoms with van der Waals surface area (Å²) in [6.45, 7) is 0.310. The summed E-state index contributed by atoms with van der Waals surface area (Å²) in [5, 5.41) is 18.6. The second-order valence-electron chi connectivity index (χ2n) is 5.10. The van der Waals surface area contributed by atoms with Gasteiger partial charge >= 0.3 is 0 Å². The molecule has 2 heterocycles. The van der Waals surface area contributed by atoms with Gasteiger partial charge in [0.15, 0.2) is 17.3 Å². The standard InChI is InChI=1S/C15H12F2N4O/c16-12-2-1-9(3-13(12)17)14-4-11(22)8-21(14)15-7-19-10(5-18)6-20-15/h1-3,6-7,11,14,22H,4,8H2/t11-,14-/m1/s1. The first kappa shape index (κ1) is 14.4. The Hall–Kier alpha value is -2.59. The Morgan fingerprint density at radius 1 is 1.23 bits per heavy atom. The van der Waals surface area contributed by atoms with Gasteiger partial charge in [0.2, 0.25) is 0 Å². The zero-order valence-corrected chi connectivity index (χ0v) is 11.4. The highest BCUT2D eigenvalue weighted by atomic mass is 19.2. The van der Waals surface area contributed by atoms with Crippen molar-refractivity contribution in [3.63, 3.8) is 0 Å². The van der Waals surface area contributed by atoms with Crippen LogP contribution in [-0.4, -0.2) is 27.7 Å². The molecule has 2 atom stereocenters. The molecular formula is C15H12F2N4O. The predicted octanol–water partition coefficient (Wildman–Crippen LogP) is 1.94. The van der Waals surface area contributed by atoms with Gasteiger partial charge in [0.05, 0.1) is 24.5 Å². The van der Waals surface area contributed by atoms with Crippen LogP contribution in [0, 0.1) is 23.0 Å². The Balaban J connectivity index is 1.94. The summed E-state index contributed by atoms with van der Waals surface area (Å²) in [7, 11) is 0. The minimum atomic E-state index is -0.926. The molecule has 1 saturated heterocycles. The van der Waals surface area contributed by atoms with Crippen LogP contribution in [0.5, 0.6) is 0 Å². The van der Waals surface area contributed by atoms with E-state index in [9.17, 15) is 13.9 Å². The van der Waals surface area contributed by atoms with Gasteiger partial charge in [-0.1, -0.05) is 6.07 Å². The fourth-order valence-electron chi connectivity index (χ4n) is 2.63. The predicted molar refractivity (Wildman–Crippen MR) is 73.8 cm³/mol. The van der Waals surface area contributed by atoms with Crippen LogP contribution < -0.4 is 4.90 Å². The third kappa shape index (κ3) is 2.61. The van der Waals surface area contributed by atoms with Crippen LogP contribution in [0.2, 0.25) is 0 Å². The summed E-state index contributed by atoms with van der Waals surface area (Å²) in [5.41, 5.74) is 0.745. The normalized spacial score (nSPS) is 20.9. The number of aliphatic hydroxyl groups excluding tert-OH is 1. The summed E-state index contributed by atoms with van der Waals surface area (Å²) in [5.74, 6) is -1.36. The molecule has 7 heteroatoms. The molecule has 0 radical (unpaired) electrons. The van der Waals surface area contributed by atoms with Crippen molar-refractivity contribution in [2.24, 2.45) is 0 Å².